The maximum atomic E-state index is 6.46. The Kier molecular flexibility index (Phi) is 4.96. The monoisotopic (exact) mass is 364 g/mol. The molecule has 2 aromatic rings. The molecule has 3 heterocycles. The van der Waals surface area contributed by atoms with E-state index in [1.165, 1.54) is 12.8 Å². The summed E-state index contributed by atoms with van der Waals surface area (Å²) in [5, 5.41) is 10.5. The summed E-state index contributed by atoms with van der Waals surface area (Å²) in [6, 6.07) is 7.90. The summed E-state index contributed by atoms with van der Waals surface area (Å²) in [4.78, 5) is 2.30. The van der Waals surface area contributed by atoms with Gasteiger partial charge < -0.3 is 9.64 Å². The van der Waals surface area contributed by atoms with Crippen LogP contribution in [0.1, 0.15) is 25.7 Å². The normalized spacial score (nSPS) is 20.9. The van der Waals surface area contributed by atoms with Crippen molar-refractivity contribution in [3.63, 3.8) is 0 Å². The van der Waals surface area contributed by atoms with Crippen LogP contribution in [0.2, 0.25) is 5.02 Å². The molecule has 0 unspecified atom stereocenters. The molecule has 1 aromatic heterocycles. The van der Waals surface area contributed by atoms with Gasteiger partial charge in [-0.05, 0) is 37.8 Å². The Balaban J connectivity index is 1.66. The van der Waals surface area contributed by atoms with Gasteiger partial charge in [-0.25, -0.2) is 0 Å². The minimum absolute atomic E-state index is 0.321. The third kappa shape index (κ3) is 3.27. The number of ether oxygens (including phenoxy) is 1. The number of hydrogen-bond donors (Lipinski definition) is 0. The van der Waals surface area contributed by atoms with Gasteiger partial charge in [0.2, 0.25) is 5.95 Å². The van der Waals surface area contributed by atoms with Gasteiger partial charge in [0, 0.05) is 25.4 Å². The highest BCUT2D eigenvalue weighted by atomic mass is 35.5. The van der Waals surface area contributed by atoms with Crippen molar-refractivity contribution in [2.75, 3.05) is 30.3 Å². The van der Waals surface area contributed by atoms with Crippen LogP contribution in [-0.4, -0.2) is 46.3 Å². The smallest absolute Gasteiger partial charge is 0.232 e. The van der Waals surface area contributed by atoms with Gasteiger partial charge in [0.15, 0.2) is 5.16 Å². The Hall–Kier alpha value is -1.24. The number of thioether (sulfide) groups is 1. The molecule has 128 valence electrons. The van der Waals surface area contributed by atoms with Crippen molar-refractivity contribution in [1.82, 2.24) is 14.8 Å². The summed E-state index contributed by atoms with van der Waals surface area (Å²) in [5.74, 6) is 1.80. The van der Waals surface area contributed by atoms with Crippen LogP contribution in [0, 0.1) is 0 Å². The second-order valence-corrected chi connectivity index (χ2v) is 7.60. The van der Waals surface area contributed by atoms with Crippen LogP contribution < -0.4 is 4.90 Å². The zero-order chi connectivity index (χ0) is 16.4. The predicted octanol–water partition coefficient (Wildman–Crippen LogP) is 3.79. The first-order valence-corrected chi connectivity index (χ1v) is 9.89. The van der Waals surface area contributed by atoms with Crippen LogP contribution in [0.5, 0.6) is 0 Å². The number of halogens is 1. The molecule has 1 aromatic carbocycles. The molecule has 0 saturated carbocycles. The largest absolute Gasteiger partial charge is 0.377 e. The van der Waals surface area contributed by atoms with Crippen LogP contribution in [0.15, 0.2) is 29.4 Å². The topological polar surface area (TPSA) is 43.2 Å². The molecular formula is C17H21ClN4OS. The van der Waals surface area contributed by atoms with E-state index in [2.05, 4.69) is 19.7 Å². The molecular weight excluding hydrogens is 344 g/mol. The highest BCUT2D eigenvalue weighted by Crippen LogP contribution is 2.32. The number of aromatic nitrogens is 3. The maximum Gasteiger partial charge on any atom is 0.232 e. The lowest BCUT2D eigenvalue weighted by molar-refractivity contribution is 0.129. The molecule has 0 radical (unpaired) electrons. The van der Waals surface area contributed by atoms with E-state index in [1.807, 2.05) is 24.3 Å². The van der Waals surface area contributed by atoms with Gasteiger partial charge >= 0.3 is 0 Å². The molecule has 2 aliphatic heterocycles. The molecule has 2 fully saturated rings. The first-order valence-electron chi connectivity index (χ1n) is 8.52. The van der Waals surface area contributed by atoms with E-state index in [0.29, 0.717) is 6.10 Å². The second kappa shape index (κ2) is 7.33. The molecule has 2 aliphatic rings. The van der Waals surface area contributed by atoms with E-state index in [9.17, 15) is 0 Å². The third-order valence-corrected chi connectivity index (χ3v) is 5.90. The van der Waals surface area contributed by atoms with Gasteiger partial charge in [0.1, 0.15) is 0 Å². The molecule has 0 amide bonds. The Bertz CT molecular complexity index is 696. The molecule has 7 heteroatoms. The Morgan fingerprint density at radius 2 is 2.00 bits per heavy atom. The lowest BCUT2D eigenvalue weighted by Crippen LogP contribution is -2.22. The van der Waals surface area contributed by atoms with E-state index >= 15 is 0 Å². The second-order valence-electron chi connectivity index (χ2n) is 6.21. The summed E-state index contributed by atoms with van der Waals surface area (Å²) in [7, 11) is 0. The average molecular weight is 365 g/mol. The van der Waals surface area contributed by atoms with Crippen molar-refractivity contribution in [2.24, 2.45) is 0 Å². The van der Waals surface area contributed by atoms with Gasteiger partial charge in [-0.2, -0.15) is 0 Å². The summed E-state index contributed by atoms with van der Waals surface area (Å²) in [6.07, 6.45) is 5.01. The maximum absolute atomic E-state index is 6.46. The van der Waals surface area contributed by atoms with Gasteiger partial charge in [-0.15, -0.1) is 10.2 Å². The Labute approximate surface area is 151 Å². The molecule has 2 saturated heterocycles. The van der Waals surface area contributed by atoms with Crippen molar-refractivity contribution in [3.8, 4) is 5.69 Å². The summed E-state index contributed by atoms with van der Waals surface area (Å²) < 4.78 is 7.84. The summed E-state index contributed by atoms with van der Waals surface area (Å²) in [6.45, 7) is 2.93. The van der Waals surface area contributed by atoms with E-state index in [4.69, 9.17) is 16.3 Å². The zero-order valence-electron chi connectivity index (χ0n) is 13.5. The number of nitrogens with zero attached hydrogens (tertiary/aromatic N) is 4. The quantitative estimate of drug-likeness (QED) is 0.755. The third-order valence-electron chi connectivity index (χ3n) is 4.52. The van der Waals surface area contributed by atoms with E-state index in [0.717, 1.165) is 60.1 Å². The fraction of sp³-hybridized carbons (Fsp3) is 0.529. The number of para-hydroxylation sites is 1. The van der Waals surface area contributed by atoms with Crippen molar-refractivity contribution < 1.29 is 4.74 Å². The molecule has 1 atom stereocenters. The average Bonchev–Trinajstić information content (AvgIpc) is 3.34. The minimum Gasteiger partial charge on any atom is -0.377 e. The fourth-order valence-electron chi connectivity index (χ4n) is 3.26. The molecule has 0 aliphatic carbocycles. The number of rotatable bonds is 5. The van der Waals surface area contributed by atoms with Crippen molar-refractivity contribution in [2.45, 2.75) is 36.9 Å². The molecule has 24 heavy (non-hydrogen) atoms. The molecule has 0 bridgehead atoms. The van der Waals surface area contributed by atoms with Crippen molar-refractivity contribution >= 4 is 29.3 Å². The number of anilines is 1. The summed E-state index contributed by atoms with van der Waals surface area (Å²) in [5.41, 5.74) is 0.945. The van der Waals surface area contributed by atoms with Crippen LogP contribution in [0.4, 0.5) is 5.95 Å². The minimum atomic E-state index is 0.321. The van der Waals surface area contributed by atoms with Gasteiger partial charge in [-0.1, -0.05) is 35.5 Å². The van der Waals surface area contributed by atoms with Gasteiger partial charge in [0.25, 0.3) is 0 Å². The van der Waals surface area contributed by atoms with Crippen molar-refractivity contribution in [1.29, 1.82) is 0 Å². The lowest BCUT2D eigenvalue weighted by atomic mass is 10.3. The van der Waals surface area contributed by atoms with E-state index in [-0.39, 0.29) is 0 Å². The highest BCUT2D eigenvalue weighted by Gasteiger charge is 2.24. The number of benzene rings is 1. The molecule has 4 rings (SSSR count). The van der Waals surface area contributed by atoms with Gasteiger partial charge in [-0.3, -0.25) is 4.57 Å². The van der Waals surface area contributed by atoms with Crippen LogP contribution in [0.3, 0.4) is 0 Å². The molecule has 0 N–H and O–H groups in total. The Morgan fingerprint density at radius 1 is 1.17 bits per heavy atom. The summed E-state index contributed by atoms with van der Waals surface area (Å²) >= 11 is 8.17. The standard InChI is InChI=1S/C17H21ClN4OS/c18-14-7-1-2-8-15(14)22-16(21-9-3-4-10-21)19-20-17(22)24-12-13-6-5-11-23-13/h1-2,7-8,13H,3-6,9-12H2/t13-/m0/s1. The SMILES string of the molecule is Clc1ccccc1-n1c(SC[C@@H]2CCCO2)nnc1N1CCCC1. The first kappa shape index (κ1) is 16.2. The molecule has 5 nitrogen and oxygen atoms in total. The zero-order valence-corrected chi connectivity index (χ0v) is 15.1. The van der Waals surface area contributed by atoms with Crippen LogP contribution in [-0.2, 0) is 4.74 Å². The Morgan fingerprint density at radius 3 is 2.75 bits per heavy atom. The van der Waals surface area contributed by atoms with Crippen molar-refractivity contribution in [3.05, 3.63) is 29.3 Å². The fourth-order valence-corrected chi connectivity index (χ4v) is 4.49. The highest BCUT2D eigenvalue weighted by molar-refractivity contribution is 7.99. The van der Waals surface area contributed by atoms with E-state index < -0.39 is 0 Å². The van der Waals surface area contributed by atoms with E-state index in [1.54, 1.807) is 11.8 Å². The predicted molar refractivity (Wildman–Crippen MR) is 97.5 cm³/mol. The lowest BCUT2D eigenvalue weighted by Gasteiger charge is -2.19. The molecule has 0 spiro atoms. The van der Waals surface area contributed by atoms with Gasteiger partial charge in [0.05, 0.1) is 16.8 Å². The first-order chi connectivity index (χ1) is 11.8. The van der Waals surface area contributed by atoms with Crippen LogP contribution >= 0.6 is 23.4 Å². The van der Waals surface area contributed by atoms with Crippen LogP contribution in [0.25, 0.3) is 5.69 Å². The number of hydrogen-bond acceptors (Lipinski definition) is 5.